The SMILES string of the molecule is CCOC(=O)C(CC(CC1(C)CCCCC1=O)SC(=S)OCC)P(=O)(OCC)OCC. The molecule has 0 heterocycles. The summed E-state index contributed by atoms with van der Waals surface area (Å²) in [5.41, 5.74) is -1.62. The van der Waals surface area contributed by atoms with E-state index >= 15 is 0 Å². The first-order valence-corrected chi connectivity index (χ1v) is 14.0. The molecule has 3 unspecified atom stereocenters. The Labute approximate surface area is 196 Å². The van der Waals surface area contributed by atoms with Gasteiger partial charge in [-0.2, -0.15) is 0 Å². The minimum absolute atomic E-state index is 0.137. The molecule has 3 atom stereocenters. The maximum atomic E-state index is 13.5. The van der Waals surface area contributed by atoms with E-state index in [1.165, 1.54) is 11.8 Å². The predicted molar refractivity (Wildman–Crippen MR) is 128 cm³/mol. The van der Waals surface area contributed by atoms with Crippen LogP contribution in [0, 0.1) is 5.41 Å². The van der Waals surface area contributed by atoms with Crippen LogP contribution in [0.15, 0.2) is 0 Å². The van der Waals surface area contributed by atoms with Crippen molar-refractivity contribution in [3.63, 3.8) is 0 Å². The molecule has 7 nitrogen and oxygen atoms in total. The lowest BCUT2D eigenvalue weighted by Crippen LogP contribution is -2.37. The average Bonchev–Trinajstić information content (AvgIpc) is 2.69. The zero-order valence-corrected chi connectivity index (χ0v) is 21.9. The highest BCUT2D eigenvalue weighted by molar-refractivity contribution is 8.23. The number of ether oxygens (including phenoxy) is 2. The van der Waals surface area contributed by atoms with E-state index in [1.54, 1.807) is 20.8 Å². The van der Waals surface area contributed by atoms with Crippen LogP contribution in [0.4, 0.5) is 0 Å². The minimum atomic E-state index is -3.78. The molecule has 1 saturated carbocycles. The highest BCUT2D eigenvalue weighted by Gasteiger charge is 2.46. The van der Waals surface area contributed by atoms with Gasteiger partial charge in [-0.25, -0.2) is 0 Å². The maximum Gasteiger partial charge on any atom is 0.344 e. The van der Waals surface area contributed by atoms with Gasteiger partial charge < -0.3 is 18.5 Å². The Hall–Kier alpha value is -0.470. The Balaban J connectivity index is 3.24. The Kier molecular flexibility index (Phi) is 12.8. The van der Waals surface area contributed by atoms with E-state index in [1.807, 2.05) is 13.8 Å². The van der Waals surface area contributed by atoms with Gasteiger partial charge in [0.25, 0.3) is 0 Å². The van der Waals surface area contributed by atoms with Crippen LogP contribution in [0.2, 0.25) is 0 Å². The number of carbonyl (C=O) groups excluding carboxylic acids is 2. The number of Topliss-reactive ketones (excluding diaryl/α,β-unsaturated/α-hetero) is 1. The predicted octanol–water partition coefficient (Wildman–Crippen LogP) is 5.54. The molecule has 0 radical (unpaired) electrons. The fourth-order valence-corrected chi connectivity index (χ4v) is 7.71. The first-order valence-electron chi connectivity index (χ1n) is 11.1. The maximum absolute atomic E-state index is 13.5. The summed E-state index contributed by atoms with van der Waals surface area (Å²) in [6, 6.07) is 0. The molecule has 180 valence electrons. The van der Waals surface area contributed by atoms with E-state index in [4.69, 9.17) is 30.7 Å². The van der Waals surface area contributed by atoms with E-state index < -0.39 is 24.6 Å². The van der Waals surface area contributed by atoms with Gasteiger partial charge in [0.05, 0.1) is 26.4 Å². The molecular formula is C21H37O7PS2. The smallest absolute Gasteiger partial charge is 0.344 e. The molecule has 0 spiro atoms. The molecule has 1 aliphatic rings. The molecule has 0 saturated heterocycles. The van der Waals surface area contributed by atoms with Gasteiger partial charge in [-0.05, 0) is 65.6 Å². The minimum Gasteiger partial charge on any atom is -0.479 e. The topological polar surface area (TPSA) is 88.1 Å². The Bertz CT molecular complexity index is 648. The van der Waals surface area contributed by atoms with Gasteiger partial charge in [0.15, 0.2) is 5.66 Å². The monoisotopic (exact) mass is 496 g/mol. The molecule has 0 aromatic heterocycles. The summed E-state index contributed by atoms with van der Waals surface area (Å²) in [5, 5.41) is -0.283. The normalized spacial score (nSPS) is 21.4. The lowest BCUT2D eigenvalue weighted by Gasteiger charge is -2.36. The van der Waals surface area contributed by atoms with Gasteiger partial charge in [-0.3, -0.25) is 14.2 Å². The first kappa shape index (κ1) is 28.6. The molecular weight excluding hydrogens is 459 g/mol. The van der Waals surface area contributed by atoms with Crippen molar-refractivity contribution < 1.29 is 32.7 Å². The molecule has 1 rings (SSSR count). The molecule has 0 N–H and O–H groups in total. The molecule has 1 fully saturated rings. The van der Waals surface area contributed by atoms with Crippen molar-refractivity contribution >= 4 is 47.7 Å². The van der Waals surface area contributed by atoms with Crippen LogP contribution >= 0.6 is 31.6 Å². The summed E-state index contributed by atoms with van der Waals surface area (Å²) in [4.78, 5) is 25.5. The van der Waals surface area contributed by atoms with Crippen LogP contribution < -0.4 is 0 Å². The van der Waals surface area contributed by atoms with Crippen LogP contribution in [-0.4, -0.2) is 53.5 Å². The molecule has 31 heavy (non-hydrogen) atoms. The quantitative estimate of drug-likeness (QED) is 0.185. The van der Waals surface area contributed by atoms with E-state index in [0.717, 1.165) is 19.3 Å². The van der Waals surface area contributed by atoms with Crippen molar-refractivity contribution in [2.75, 3.05) is 26.4 Å². The van der Waals surface area contributed by atoms with E-state index in [-0.39, 0.29) is 37.3 Å². The van der Waals surface area contributed by atoms with Gasteiger partial charge in [0.2, 0.25) is 4.38 Å². The zero-order valence-electron chi connectivity index (χ0n) is 19.3. The van der Waals surface area contributed by atoms with Crippen molar-refractivity contribution in [1.29, 1.82) is 0 Å². The highest BCUT2D eigenvalue weighted by Crippen LogP contribution is 2.56. The van der Waals surface area contributed by atoms with Crippen molar-refractivity contribution in [2.45, 2.75) is 84.1 Å². The van der Waals surface area contributed by atoms with Crippen LogP contribution in [0.3, 0.4) is 0 Å². The van der Waals surface area contributed by atoms with Crippen LogP contribution in [0.25, 0.3) is 0 Å². The van der Waals surface area contributed by atoms with Crippen molar-refractivity contribution in [1.82, 2.24) is 0 Å². The standard InChI is InChI=1S/C21H37O7PS2/c1-6-25-19(23)17(29(24,27-8-3)28-9-4)14-16(31-20(30)26-7-2)15-21(5)13-11-10-12-18(21)22/h16-17H,6-15H2,1-5H3. The van der Waals surface area contributed by atoms with Crippen molar-refractivity contribution in [3.8, 4) is 0 Å². The number of thiocarbonyl (C=S) groups is 1. The summed E-state index contributed by atoms with van der Waals surface area (Å²) < 4.78 is 35.5. The fraction of sp³-hybridized carbons (Fsp3) is 0.857. The molecule has 10 heteroatoms. The Morgan fingerprint density at radius 2 is 1.71 bits per heavy atom. The van der Waals surface area contributed by atoms with Crippen molar-refractivity contribution in [2.24, 2.45) is 5.41 Å². The number of thioether (sulfide) groups is 1. The number of esters is 1. The summed E-state index contributed by atoms with van der Waals surface area (Å²) >= 11 is 6.63. The summed E-state index contributed by atoms with van der Waals surface area (Å²) in [5.74, 6) is -0.405. The first-order chi connectivity index (χ1) is 14.7. The Morgan fingerprint density at radius 1 is 1.10 bits per heavy atom. The average molecular weight is 497 g/mol. The van der Waals surface area contributed by atoms with Crippen LogP contribution in [0.1, 0.15) is 73.1 Å². The van der Waals surface area contributed by atoms with Gasteiger partial charge in [-0.15, -0.1) is 0 Å². The highest BCUT2D eigenvalue weighted by atomic mass is 32.2. The number of rotatable bonds is 13. The third-order valence-electron chi connectivity index (χ3n) is 5.30. The second-order valence-corrected chi connectivity index (χ2v) is 11.8. The van der Waals surface area contributed by atoms with E-state index in [0.29, 0.717) is 23.8 Å². The molecule has 0 amide bonds. The van der Waals surface area contributed by atoms with Gasteiger partial charge in [0, 0.05) is 17.1 Å². The second-order valence-electron chi connectivity index (χ2n) is 7.70. The van der Waals surface area contributed by atoms with E-state index in [2.05, 4.69) is 0 Å². The zero-order chi connectivity index (χ0) is 23.5. The third kappa shape index (κ3) is 8.77. The fourth-order valence-electron chi connectivity index (χ4n) is 3.84. The second kappa shape index (κ2) is 13.9. The lowest BCUT2D eigenvalue weighted by atomic mass is 9.71. The van der Waals surface area contributed by atoms with Crippen LogP contribution in [-0.2, 0) is 32.7 Å². The van der Waals surface area contributed by atoms with Crippen LogP contribution in [0.5, 0.6) is 0 Å². The van der Waals surface area contributed by atoms with E-state index in [9.17, 15) is 14.2 Å². The summed E-state index contributed by atoms with van der Waals surface area (Å²) in [6.07, 6.45) is 3.87. The van der Waals surface area contributed by atoms with Gasteiger partial charge in [0.1, 0.15) is 5.78 Å². The lowest BCUT2D eigenvalue weighted by molar-refractivity contribution is -0.143. The number of hydrogen-bond donors (Lipinski definition) is 0. The largest absolute Gasteiger partial charge is 0.479 e. The molecule has 0 bridgehead atoms. The summed E-state index contributed by atoms with van der Waals surface area (Å²) in [6.45, 7) is 9.75. The molecule has 0 aliphatic heterocycles. The summed E-state index contributed by atoms with van der Waals surface area (Å²) in [7, 11) is -3.78. The Morgan fingerprint density at radius 3 is 2.23 bits per heavy atom. The third-order valence-corrected chi connectivity index (χ3v) is 9.13. The number of ketones is 1. The molecule has 0 aromatic carbocycles. The molecule has 1 aliphatic carbocycles. The van der Waals surface area contributed by atoms with Gasteiger partial charge in [-0.1, -0.05) is 25.1 Å². The molecule has 0 aromatic rings. The van der Waals surface area contributed by atoms with Gasteiger partial charge >= 0.3 is 13.6 Å². The number of hydrogen-bond acceptors (Lipinski definition) is 9. The number of carbonyl (C=O) groups is 2. The van der Waals surface area contributed by atoms with Crippen molar-refractivity contribution in [3.05, 3.63) is 0 Å².